The summed E-state index contributed by atoms with van der Waals surface area (Å²) in [5.74, 6) is 0.928. The van der Waals surface area contributed by atoms with E-state index in [1.807, 2.05) is 24.3 Å². The first kappa shape index (κ1) is 20.3. The third kappa shape index (κ3) is 3.56. The van der Waals surface area contributed by atoms with Crippen molar-refractivity contribution in [3.05, 3.63) is 48.0 Å². The first-order chi connectivity index (χ1) is 15.1. The van der Waals surface area contributed by atoms with Gasteiger partial charge in [-0.3, -0.25) is 4.79 Å². The number of aromatic nitrogens is 4. The number of tetrazole rings is 1. The van der Waals surface area contributed by atoms with Crippen molar-refractivity contribution in [2.45, 2.75) is 13.0 Å². The Morgan fingerprint density at radius 3 is 2.48 bits per heavy atom. The second kappa shape index (κ2) is 8.42. The molecule has 0 saturated heterocycles. The Bertz CT molecular complexity index is 1140. The van der Waals surface area contributed by atoms with E-state index in [9.17, 15) is 4.79 Å². The fraction of sp³-hybridized carbons (Fsp3) is 0.286. The van der Waals surface area contributed by atoms with Crippen molar-refractivity contribution in [1.29, 1.82) is 0 Å². The molecule has 31 heavy (non-hydrogen) atoms. The third-order valence-electron chi connectivity index (χ3n) is 5.18. The highest BCUT2D eigenvalue weighted by atomic mass is 16.5. The van der Waals surface area contributed by atoms with Gasteiger partial charge in [0.1, 0.15) is 17.7 Å². The van der Waals surface area contributed by atoms with Crippen LogP contribution in [-0.2, 0) is 4.79 Å². The summed E-state index contributed by atoms with van der Waals surface area (Å²) in [6.07, 6.45) is 0. The van der Waals surface area contributed by atoms with Crippen molar-refractivity contribution in [3.63, 3.8) is 0 Å². The van der Waals surface area contributed by atoms with Crippen LogP contribution in [0.2, 0.25) is 0 Å². The van der Waals surface area contributed by atoms with Crippen LogP contribution in [0.15, 0.2) is 47.5 Å². The summed E-state index contributed by atoms with van der Waals surface area (Å²) in [5.41, 5.74) is 1.83. The minimum absolute atomic E-state index is 0.276. The fourth-order valence-electron chi connectivity index (χ4n) is 3.79. The largest absolute Gasteiger partial charge is 0.495 e. The monoisotopic (exact) mass is 422 g/mol. The molecule has 4 rings (SSSR count). The van der Waals surface area contributed by atoms with Gasteiger partial charge in [0.2, 0.25) is 5.91 Å². The molecule has 0 spiro atoms. The molecule has 2 aromatic carbocycles. The van der Waals surface area contributed by atoms with E-state index >= 15 is 0 Å². The van der Waals surface area contributed by atoms with Gasteiger partial charge in [0.25, 0.3) is 5.95 Å². The number of benzene rings is 2. The van der Waals surface area contributed by atoms with Gasteiger partial charge in [-0.1, -0.05) is 29.4 Å². The molecule has 2 heterocycles. The number of nitrogens with one attached hydrogen (secondary N) is 1. The number of anilines is 1. The van der Waals surface area contributed by atoms with Gasteiger partial charge < -0.3 is 19.5 Å². The van der Waals surface area contributed by atoms with E-state index < -0.39 is 12.0 Å². The van der Waals surface area contributed by atoms with Crippen LogP contribution in [0, 0.1) is 5.92 Å². The lowest BCUT2D eigenvalue weighted by Crippen LogP contribution is -2.39. The van der Waals surface area contributed by atoms with E-state index in [0.717, 1.165) is 0 Å². The fourth-order valence-corrected chi connectivity index (χ4v) is 3.79. The van der Waals surface area contributed by atoms with Gasteiger partial charge >= 0.3 is 0 Å². The minimum Gasteiger partial charge on any atom is -0.495 e. The minimum atomic E-state index is -0.707. The van der Waals surface area contributed by atoms with Crippen molar-refractivity contribution in [3.8, 4) is 17.2 Å². The summed E-state index contributed by atoms with van der Waals surface area (Å²) in [6, 6.07) is 12.1. The van der Waals surface area contributed by atoms with E-state index in [0.29, 0.717) is 40.2 Å². The zero-order valence-corrected chi connectivity index (χ0v) is 17.6. The van der Waals surface area contributed by atoms with Crippen molar-refractivity contribution in [1.82, 2.24) is 20.2 Å². The van der Waals surface area contributed by atoms with Crippen molar-refractivity contribution in [2.24, 2.45) is 10.9 Å². The Balaban J connectivity index is 1.82. The van der Waals surface area contributed by atoms with E-state index in [2.05, 4.69) is 25.8 Å². The first-order valence-corrected chi connectivity index (χ1v) is 9.56. The quantitative estimate of drug-likeness (QED) is 0.650. The zero-order chi connectivity index (χ0) is 22.0. The van der Waals surface area contributed by atoms with Crippen molar-refractivity contribution in [2.75, 3.05) is 26.6 Å². The van der Waals surface area contributed by atoms with Gasteiger partial charge in [-0.05, 0) is 35.5 Å². The second-order valence-electron chi connectivity index (χ2n) is 6.87. The van der Waals surface area contributed by atoms with E-state index in [1.165, 1.54) is 4.68 Å². The number of rotatable bonds is 6. The topological polar surface area (TPSA) is 113 Å². The molecule has 2 atom stereocenters. The van der Waals surface area contributed by atoms with E-state index in [4.69, 9.17) is 14.2 Å². The lowest BCUT2D eigenvalue weighted by Gasteiger charge is -2.31. The SMILES string of the molecule is COc1ccccc1NC(=O)C1C(C)=Nc2nnnn2C1c1cccc(OC)c1OC. The molecule has 0 saturated carbocycles. The molecular weight excluding hydrogens is 400 g/mol. The van der Waals surface area contributed by atoms with Crippen LogP contribution < -0.4 is 19.5 Å². The molecular formula is C21H22N6O4. The second-order valence-corrected chi connectivity index (χ2v) is 6.87. The number of nitrogens with zero attached hydrogens (tertiary/aromatic N) is 5. The van der Waals surface area contributed by atoms with Crippen LogP contribution in [0.25, 0.3) is 0 Å². The number of amides is 1. The number of hydrogen-bond donors (Lipinski definition) is 1. The number of para-hydroxylation sites is 3. The highest BCUT2D eigenvalue weighted by Crippen LogP contribution is 2.43. The highest BCUT2D eigenvalue weighted by Gasteiger charge is 2.41. The molecule has 0 bridgehead atoms. The molecule has 1 N–H and O–H groups in total. The van der Waals surface area contributed by atoms with Gasteiger partial charge in [0.15, 0.2) is 11.5 Å². The molecule has 10 nitrogen and oxygen atoms in total. The third-order valence-corrected chi connectivity index (χ3v) is 5.18. The molecule has 1 aliphatic rings. The number of hydrogen-bond acceptors (Lipinski definition) is 8. The first-order valence-electron chi connectivity index (χ1n) is 9.56. The van der Waals surface area contributed by atoms with Gasteiger partial charge in [0, 0.05) is 11.3 Å². The summed E-state index contributed by atoms with van der Waals surface area (Å²) < 4.78 is 18.0. The average molecular weight is 422 g/mol. The molecule has 160 valence electrons. The number of aliphatic imine (C=N–C) groups is 1. The molecule has 1 aromatic heterocycles. The number of carbonyl (C=O) groups excluding carboxylic acids is 1. The Hall–Kier alpha value is -3.95. The normalized spacial score (nSPS) is 17.4. The van der Waals surface area contributed by atoms with Gasteiger partial charge in [-0.2, -0.15) is 0 Å². The smallest absolute Gasteiger partial charge is 0.269 e. The average Bonchev–Trinajstić information content (AvgIpc) is 3.25. The summed E-state index contributed by atoms with van der Waals surface area (Å²) in [5, 5.41) is 14.8. The predicted octanol–water partition coefficient (Wildman–Crippen LogP) is 2.65. The van der Waals surface area contributed by atoms with E-state index in [-0.39, 0.29) is 5.91 Å². The maximum Gasteiger partial charge on any atom is 0.269 e. The maximum absolute atomic E-state index is 13.5. The molecule has 10 heteroatoms. The number of methoxy groups -OCH3 is 3. The zero-order valence-electron chi connectivity index (χ0n) is 17.6. The Kier molecular flexibility index (Phi) is 5.52. The Morgan fingerprint density at radius 2 is 1.74 bits per heavy atom. The summed E-state index contributed by atoms with van der Waals surface area (Å²) in [6.45, 7) is 1.78. The molecule has 1 aliphatic heterocycles. The molecule has 1 amide bonds. The van der Waals surface area contributed by atoms with Gasteiger partial charge in [-0.25, -0.2) is 9.67 Å². The number of carbonyl (C=O) groups is 1. The van der Waals surface area contributed by atoms with Crippen LogP contribution >= 0.6 is 0 Å². The number of fused-ring (bicyclic) bond motifs is 1. The van der Waals surface area contributed by atoms with Gasteiger partial charge in [-0.15, -0.1) is 0 Å². The van der Waals surface area contributed by atoms with Crippen LogP contribution in [-0.4, -0.2) is 53.2 Å². The van der Waals surface area contributed by atoms with Crippen LogP contribution in [0.4, 0.5) is 11.6 Å². The Morgan fingerprint density at radius 1 is 1.00 bits per heavy atom. The van der Waals surface area contributed by atoms with E-state index in [1.54, 1.807) is 46.5 Å². The van der Waals surface area contributed by atoms with Gasteiger partial charge in [0.05, 0.1) is 27.0 Å². The van der Waals surface area contributed by atoms with Crippen LogP contribution in [0.5, 0.6) is 17.2 Å². The molecule has 0 fully saturated rings. The summed E-state index contributed by atoms with van der Waals surface area (Å²) in [4.78, 5) is 18.0. The highest BCUT2D eigenvalue weighted by molar-refractivity contribution is 6.10. The maximum atomic E-state index is 13.5. The lowest BCUT2D eigenvalue weighted by molar-refractivity contribution is -0.118. The summed E-state index contributed by atoms with van der Waals surface area (Å²) >= 11 is 0. The molecule has 0 radical (unpaired) electrons. The molecule has 0 aliphatic carbocycles. The number of ether oxygens (including phenoxy) is 3. The van der Waals surface area contributed by atoms with Crippen LogP contribution in [0.3, 0.4) is 0 Å². The standard InChI is InChI=1S/C21H22N6O4/c1-12-17(20(28)23-14-9-5-6-10-15(14)29-2)18(27-21(22-12)24-25-26-27)13-8-7-11-16(30-3)19(13)31-4/h5-11,17-18H,1-4H3,(H,23,28). The van der Waals surface area contributed by atoms with Crippen molar-refractivity contribution < 1.29 is 19.0 Å². The summed E-state index contributed by atoms with van der Waals surface area (Å²) in [7, 11) is 4.66. The van der Waals surface area contributed by atoms with Crippen molar-refractivity contribution >= 4 is 23.3 Å². The predicted molar refractivity (Wildman–Crippen MR) is 113 cm³/mol. The lowest BCUT2D eigenvalue weighted by atomic mass is 9.87. The molecule has 3 aromatic rings. The van der Waals surface area contributed by atoms with Crippen LogP contribution in [0.1, 0.15) is 18.5 Å². The molecule has 2 unspecified atom stereocenters. The Labute approximate surface area is 178 Å².